The lowest BCUT2D eigenvalue weighted by Crippen LogP contribution is -2.44. The molecule has 2 N–H and O–H groups in total. The van der Waals surface area contributed by atoms with Crippen LogP contribution in [0.15, 0.2) is 0 Å². The Labute approximate surface area is 102 Å². The number of aliphatic hydroxyl groups excluding tert-OH is 1. The van der Waals surface area contributed by atoms with Crippen molar-refractivity contribution in [1.29, 1.82) is 0 Å². The number of aliphatic hydroxyl groups is 1. The van der Waals surface area contributed by atoms with Gasteiger partial charge in [-0.25, -0.2) is 0 Å². The van der Waals surface area contributed by atoms with E-state index in [1.165, 1.54) is 0 Å². The average molecular weight is 242 g/mol. The second-order valence-electron chi connectivity index (χ2n) is 4.95. The highest BCUT2D eigenvalue weighted by Crippen LogP contribution is 2.11. The maximum absolute atomic E-state index is 11.7. The lowest BCUT2D eigenvalue weighted by atomic mass is 10.1. The maximum atomic E-state index is 11.7. The van der Waals surface area contributed by atoms with E-state index in [1.807, 2.05) is 0 Å². The van der Waals surface area contributed by atoms with Gasteiger partial charge in [0.2, 0.25) is 5.91 Å². The second-order valence-corrected chi connectivity index (χ2v) is 4.95. The van der Waals surface area contributed by atoms with Gasteiger partial charge in [0.05, 0.1) is 18.8 Å². The van der Waals surface area contributed by atoms with E-state index >= 15 is 0 Å². The lowest BCUT2D eigenvalue weighted by molar-refractivity contribution is -0.123. The Morgan fingerprint density at radius 1 is 1.35 bits per heavy atom. The first kappa shape index (κ1) is 12.8. The summed E-state index contributed by atoms with van der Waals surface area (Å²) in [7, 11) is 0. The Bertz CT molecular complexity index is 246. The first-order valence-corrected chi connectivity index (χ1v) is 6.53. The van der Waals surface area contributed by atoms with E-state index in [0.29, 0.717) is 13.1 Å². The number of likely N-dealkylation sites (tertiary alicyclic amines) is 1. The van der Waals surface area contributed by atoms with Crippen LogP contribution in [0, 0.1) is 0 Å². The molecule has 0 aromatic rings. The summed E-state index contributed by atoms with van der Waals surface area (Å²) in [5.74, 6) is 0.0666. The molecule has 2 aliphatic rings. The van der Waals surface area contributed by atoms with Crippen molar-refractivity contribution in [3.8, 4) is 0 Å². The lowest BCUT2D eigenvalue weighted by Gasteiger charge is -2.28. The summed E-state index contributed by atoms with van der Waals surface area (Å²) in [6.45, 7) is 3.53. The minimum atomic E-state index is -0.179. The molecule has 2 rings (SSSR count). The molecule has 0 radical (unpaired) electrons. The van der Waals surface area contributed by atoms with Gasteiger partial charge in [0, 0.05) is 26.2 Å². The van der Waals surface area contributed by atoms with Gasteiger partial charge in [-0.1, -0.05) is 0 Å². The summed E-state index contributed by atoms with van der Waals surface area (Å²) in [6, 6.07) is 0. The summed E-state index contributed by atoms with van der Waals surface area (Å²) in [6.07, 6.45) is 3.74. The van der Waals surface area contributed by atoms with Crippen molar-refractivity contribution in [2.24, 2.45) is 0 Å². The normalized spacial score (nSPS) is 27.2. The second kappa shape index (κ2) is 6.33. The van der Waals surface area contributed by atoms with Gasteiger partial charge < -0.3 is 15.2 Å². The van der Waals surface area contributed by atoms with Gasteiger partial charge in [-0.15, -0.1) is 0 Å². The monoisotopic (exact) mass is 242 g/mol. The minimum Gasteiger partial charge on any atom is -0.393 e. The van der Waals surface area contributed by atoms with Crippen molar-refractivity contribution in [3.05, 3.63) is 0 Å². The van der Waals surface area contributed by atoms with Gasteiger partial charge in [-0.3, -0.25) is 9.69 Å². The van der Waals surface area contributed by atoms with Gasteiger partial charge in [0.25, 0.3) is 0 Å². The molecule has 5 heteroatoms. The fourth-order valence-electron chi connectivity index (χ4n) is 2.37. The maximum Gasteiger partial charge on any atom is 0.234 e. The standard InChI is InChI=1S/C12H22N2O3/c15-10-3-5-14(6-4-10)9-12(16)13-8-11-2-1-7-17-11/h10-11,15H,1-9H2,(H,13,16). The molecule has 5 nitrogen and oxygen atoms in total. The van der Waals surface area contributed by atoms with Crippen molar-refractivity contribution < 1.29 is 14.6 Å². The predicted molar refractivity (Wildman–Crippen MR) is 63.7 cm³/mol. The van der Waals surface area contributed by atoms with Crippen molar-refractivity contribution in [3.63, 3.8) is 0 Å². The van der Waals surface area contributed by atoms with Crippen LogP contribution in [0.4, 0.5) is 0 Å². The SMILES string of the molecule is O=C(CN1CCC(O)CC1)NCC1CCCO1. The molecule has 2 fully saturated rings. The van der Waals surface area contributed by atoms with Crippen LogP contribution in [-0.4, -0.2) is 60.9 Å². The third-order valence-corrected chi connectivity index (χ3v) is 3.48. The summed E-state index contributed by atoms with van der Waals surface area (Å²) >= 11 is 0. The van der Waals surface area contributed by atoms with Crippen LogP contribution >= 0.6 is 0 Å². The Balaban J connectivity index is 1.60. The highest BCUT2D eigenvalue weighted by atomic mass is 16.5. The first-order valence-electron chi connectivity index (χ1n) is 6.53. The summed E-state index contributed by atoms with van der Waals surface area (Å²) in [4.78, 5) is 13.8. The fraction of sp³-hybridized carbons (Fsp3) is 0.917. The Kier molecular flexibility index (Phi) is 4.76. The molecule has 0 aliphatic carbocycles. The largest absolute Gasteiger partial charge is 0.393 e. The third kappa shape index (κ3) is 4.26. The average Bonchev–Trinajstić information content (AvgIpc) is 2.83. The topological polar surface area (TPSA) is 61.8 Å². The highest BCUT2D eigenvalue weighted by molar-refractivity contribution is 5.78. The van der Waals surface area contributed by atoms with Gasteiger partial charge in [0.1, 0.15) is 0 Å². The Hall–Kier alpha value is -0.650. The van der Waals surface area contributed by atoms with Crippen LogP contribution < -0.4 is 5.32 Å². The van der Waals surface area contributed by atoms with E-state index in [0.717, 1.165) is 45.4 Å². The summed E-state index contributed by atoms with van der Waals surface area (Å²) < 4.78 is 5.45. The number of hydrogen-bond acceptors (Lipinski definition) is 4. The first-order chi connectivity index (χ1) is 8.24. The van der Waals surface area contributed by atoms with Crippen LogP contribution in [0.3, 0.4) is 0 Å². The summed E-state index contributed by atoms with van der Waals surface area (Å²) in [5.41, 5.74) is 0. The molecule has 17 heavy (non-hydrogen) atoms. The molecule has 98 valence electrons. The predicted octanol–water partition coefficient (Wildman–Crippen LogP) is -0.262. The molecule has 0 aromatic carbocycles. The number of ether oxygens (including phenoxy) is 1. The van der Waals surface area contributed by atoms with Crippen LogP contribution in [0.2, 0.25) is 0 Å². The number of rotatable bonds is 4. The van der Waals surface area contributed by atoms with E-state index in [4.69, 9.17) is 4.74 Å². The molecule has 1 unspecified atom stereocenters. The molecule has 1 amide bonds. The molecule has 2 heterocycles. The molecule has 2 saturated heterocycles. The zero-order valence-electron chi connectivity index (χ0n) is 10.2. The van der Waals surface area contributed by atoms with E-state index in [-0.39, 0.29) is 18.1 Å². The summed E-state index contributed by atoms with van der Waals surface area (Å²) in [5, 5.41) is 12.3. The number of hydrogen-bond donors (Lipinski definition) is 2. The van der Waals surface area contributed by atoms with Crippen molar-refractivity contribution >= 4 is 5.91 Å². The van der Waals surface area contributed by atoms with Crippen molar-refractivity contribution in [2.75, 3.05) is 32.8 Å². The van der Waals surface area contributed by atoms with E-state index in [1.54, 1.807) is 0 Å². The van der Waals surface area contributed by atoms with E-state index in [9.17, 15) is 9.90 Å². The number of carbonyl (C=O) groups excluding carboxylic acids is 1. The molecule has 2 aliphatic heterocycles. The van der Waals surface area contributed by atoms with Crippen molar-refractivity contribution in [1.82, 2.24) is 10.2 Å². The zero-order valence-corrected chi connectivity index (χ0v) is 10.2. The quantitative estimate of drug-likeness (QED) is 0.713. The van der Waals surface area contributed by atoms with Crippen LogP contribution in [0.25, 0.3) is 0 Å². The minimum absolute atomic E-state index is 0.0666. The number of carbonyl (C=O) groups is 1. The van der Waals surface area contributed by atoms with Gasteiger partial charge in [-0.05, 0) is 25.7 Å². The molecule has 0 spiro atoms. The Morgan fingerprint density at radius 2 is 2.12 bits per heavy atom. The molecule has 0 aromatic heterocycles. The van der Waals surface area contributed by atoms with E-state index in [2.05, 4.69) is 10.2 Å². The van der Waals surface area contributed by atoms with Gasteiger partial charge in [0.15, 0.2) is 0 Å². The number of piperidine rings is 1. The van der Waals surface area contributed by atoms with Crippen LogP contribution in [0.5, 0.6) is 0 Å². The van der Waals surface area contributed by atoms with Crippen LogP contribution in [-0.2, 0) is 9.53 Å². The number of nitrogens with zero attached hydrogens (tertiary/aromatic N) is 1. The van der Waals surface area contributed by atoms with Gasteiger partial charge in [-0.2, -0.15) is 0 Å². The molecule has 0 saturated carbocycles. The molecular formula is C12H22N2O3. The van der Waals surface area contributed by atoms with Crippen LogP contribution in [0.1, 0.15) is 25.7 Å². The third-order valence-electron chi connectivity index (χ3n) is 3.48. The zero-order chi connectivity index (χ0) is 12.1. The molecule has 0 bridgehead atoms. The number of nitrogens with one attached hydrogen (secondary N) is 1. The molecule has 1 atom stereocenters. The van der Waals surface area contributed by atoms with Gasteiger partial charge >= 0.3 is 0 Å². The number of amides is 1. The van der Waals surface area contributed by atoms with E-state index < -0.39 is 0 Å². The smallest absolute Gasteiger partial charge is 0.234 e. The van der Waals surface area contributed by atoms with Crippen molar-refractivity contribution in [2.45, 2.75) is 37.9 Å². The highest BCUT2D eigenvalue weighted by Gasteiger charge is 2.20. The Morgan fingerprint density at radius 3 is 2.76 bits per heavy atom. The molecular weight excluding hydrogens is 220 g/mol. The fourth-order valence-corrected chi connectivity index (χ4v) is 2.37.